The first kappa shape index (κ1) is 25.3. The summed E-state index contributed by atoms with van der Waals surface area (Å²) in [6.45, 7) is 7.51. The molecule has 34 heavy (non-hydrogen) atoms. The number of nitrogens with one attached hydrogen (secondary N) is 1. The minimum absolute atomic E-state index is 0.0424. The third-order valence-electron chi connectivity index (χ3n) is 5.38. The molecule has 0 bridgehead atoms. The highest BCUT2D eigenvalue weighted by Crippen LogP contribution is 2.29. The SMILES string of the molecule is CCN(CC)S(=O)(=O)c1ccc(OC)c(NC(=O)[C@@H](C)Oc2ccc3c(C)cc(=O)oc3c2)c1. The summed E-state index contributed by atoms with van der Waals surface area (Å²) in [7, 11) is -2.30. The van der Waals surface area contributed by atoms with E-state index in [0.29, 0.717) is 30.2 Å². The molecule has 0 saturated heterocycles. The fraction of sp³-hybridized carbons (Fsp3) is 0.333. The van der Waals surface area contributed by atoms with E-state index in [1.54, 1.807) is 45.9 Å². The standard InChI is InChI=1S/C24H28N2O7S/c1-6-26(7-2)34(29,30)18-9-11-21(31-5)20(14-18)25-24(28)16(4)32-17-8-10-19-15(3)12-23(27)33-22(19)13-17/h8-14,16H,6-7H2,1-5H3,(H,25,28)/t16-/m1/s1. The lowest BCUT2D eigenvalue weighted by Crippen LogP contribution is -2.31. The van der Waals surface area contributed by atoms with Crippen LogP contribution in [0.1, 0.15) is 26.3 Å². The molecule has 0 aliphatic heterocycles. The van der Waals surface area contributed by atoms with Crippen molar-refractivity contribution >= 4 is 32.6 Å². The minimum Gasteiger partial charge on any atom is -0.495 e. The number of fused-ring (bicyclic) bond motifs is 1. The number of amides is 1. The van der Waals surface area contributed by atoms with Crippen LogP contribution in [0.2, 0.25) is 0 Å². The highest BCUT2D eigenvalue weighted by Gasteiger charge is 2.24. The van der Waals surface area contributed by atoms with Gasteiger partial charge < -0.3 is 19.2 Å². The summed E-state index contributed by atoms with van der Waals surface area (Å²) in [5.41, 5.74) is 0.859. The van der Waals surface area contributed by atoms with Gasteiger partial charge in [0, 0.05) is 30.6 Å². The van der Waals surface area contributed by atoms with E-state index in [2.05, 4.69) is 5.32 Å². The number of carbonyl (C=O) groups is 1. The van der Waals surface area contributed by atoms with Gasteiger partial charge in [-0.25, -0.2) is 13.2 Å². The lowest BCUT2D eigenvalue weighted by Gasteiger charge is -2.20. The largest absolute Gasteiger partial charge is 0.495 e. The van der Waals surface area contributed by atoms with E-state index in [1.807, 2.05) is 0 Å². The summed E-state index contributed by atoms with van der Waals surface area (Å²) in [5.74, 6) is 0.136. The van der Waals surface area contributed by atoms with E-state index in [0.717, 1.165) is 10.9 Å². The molecule has 1 heterocycles. The van der Waals surface area contributed by atoms with E-state index < -0.39 is 27.7 Å². The summed E-state index contributed by atoms with van der Waals surface area (Å²) < 4.78 is 43.3. The number of aryl methyl sites for hydroxylation is 1. The van der Waals surface area contributed by atoms with Crippen LogP contribution >= 0.6 is 0 Å². The number of hydrogen-bond acceptors (Lipinski definition) is 7. The van der Waals surface area contributed by atoms with Crippen molar-refractivity contribution in [1.29, 1.82) is 0 Å². The normalized spacial score (nSPS) is 12.5. The van der Waals surface area contributed by atoms with E-state index in [-0.39, 0.29) is 10.6 Å². The Morgan fingerprint density at radius 2 is 1.82 bits per heavy atom. The van der Waals surface area contributed by atoms with Crippen molar-refractivity contribution in [2.45, 2.75) is 38.7 Å². The van der Waals surface area contributed by atoms with Crippen molar-refractivity contribution in [3.05, 3.63) is 58.4 Å². The first-order valence-corrected chi connectivity index (χ1v) is 12.2. The molecule has 1 amide bonds. The predicted molar refractivity (Wildman–Crippen MR) is 129 cm³/mol. The third kappa shape index (κ3) is 5.23. The second-order valence-electron chi connectivity index (χ2n) is 7.61. The van der Waals surface area contributed by atoms with Crippen LogP contribution in [0.25, 0.3) is 11.0 Å². The maximum atomic E-state index is 12.9. The molecule has 0 aliphatic rings. The summed E-state index contributed by atoms with van der Waals surface area (Å²) in [5, 5.41) is 3.44. The smallest absolute Gasteiger partial charge is 0.336 e. The summed E-state index contributed by atoms with van der Waals surface area (Å²) in [4.78, 5) is 24.5. The third-order valence-corrected chi connectivity index (χ3v) is 7.42. The number of rotatable bonds is 9. The molecule has 3 aromatic rings. The van der Waals surface area contributed by atoms with Gasteiger partial charge in [0.2, 0.25) is 10.0 Å². The number of hydrogen-bond donors (Lipinski definition) is 1. The van der Waals surface area contributed by atoms with E-state index in [9.17, 15) is 18.0 Å². The molecule has 0 spiro atoms. The van der Waals surface area contributed by atoms with E-state index in [1.165, 1.54) is 35.7 Å². The molecule has 182 valence electrons. The summed E-state index contributed by atoms with van der Waals surface area (Å²) in [6.07, 6.45) is -0.943. The average molecular weight is 489 g/mol. The molecule has 1 aromatic heterocycles. The Labute approximate surface area is 198 Å². The quantitative estimate of drug-likeness (QED) is 0.458. The Morgan fingerprint density at radius 1 is 1.12 bits per heavy atom. The fourth-order valence-corrected chi connectivity index (χ4v) is 5.01. The zero-order chi connectivity index (χ0) is 25.0. The molecular formula is C24H28N2O7S. The van der Waals surface area contributed by atoms with Gasteiger partial charge in [0.1, 0.15) is 17.1 Å². The Balaban J connectivity index is 1.83. The van der Waals surface area contributed by atoms with Gasteiger partial charge in [0.15, 0.2) is 6.10 Å². The van der Waals surface area contributed by atoms with Gasteiger partial charge in [-0.3, -0.25) is 4.79 Å². The van der Waals surface area contributed by atoms with Crippen LogP contribution in [-0.2, 0) is 14.8 Å². The topological polar surface area (TPSA) is 115 Å². The molecule has 3 rings (SSSR count). The van der Waals surface area contributed by atoms with Crippen LogP contribution < -0.4 is 20.4 Å². The average Bonchev–Trinajstić information content (AvgIpc) is 2.79. The van der Waals surface area contributed by atoms with Crippen molar-refractivity contribution < 1.29 is 27.1 Å². The van der Waals surface area contributed by atoms with Crippen LogP contribution in [0.3, 0.4) is 0 Å². The lowest BCUT2D eigenvalue weighted by atomic mass is 10.1. The Morgan fingerprint density at radius 3 is 2.47 bits per heavy atom. The zero-order valence-corrected chi connectivity index (χ0v) is 20.6. The second kappa shape index (κ2) is 10.3. The minimum atomic E-state index is -3.72. The van der Waals surface area contributed by atoms with Gasteiger partial charge >= 0.3 is 5.63 Å². The number of sulfonamides is 1. The number of anilines is 1. The van der Waals surface area contributed by atoms with Gasteiger partial charge in [0.25, 0.3) is 5.91 Å². The monoisotopic (exact) mass is 488 g/mol. The highest BCUT2D eigenvalue weighted by atomic mass is 32.2. The van der Waals surface area contributed by atoms with Crippen LogP contribution in [0.4, 0.5) is 5.69 Å². The van der Waals surface area contributed by atoms with Gasteiger partial charge in [-0.15, -0.1) is 0 Å². The first-order chi connectivity index (χ1) is 16.1. The predicted octanol–water partition coefficient (Wildman–Crippen LogP) is 3.55. The van der Waals surface area contributed by atoms with Crippen molar-refractivity contribution in [2.75, 3.05) is 25.5 Å². The molecule has 2 aromatic carbocycles. The maximum absolute atomic E-state index is 12.9. The summed E-state index contributed by atoms with van der Waals surface area (Å²) >= 11 is 0. The highest BCUT2D eigenvalue weighted by molar-refractivity contribution is 7.89. The molecule has 10 heteroatoms. The van der Waals surface area contributed by atoms with E-state index in [4.69, 9.17) is 13.9 Å². The Bertz CT molecular complexity index is 1360. The van der Waals surface area contributed by atoms with Gasteiger partial charge in [0.05, 0.1) is 17.7 Å². The van der Waals surface area contributed by atoms with Gasteiger partial charge in [-0.1, -0.05) is 13.8 Å². The molecule has 0 aliphatic carbocycles. The lowest BCUT2D eigenvalue weighted by molar-refractivity contribution is -0.122. The fourth-order valence-electron chi connectivity index (χ4n) is 3.53. The molecule has 0 radical (unpaired) electrons. The van der Waals surface area contributed by atoms with Crippen molar-refractivity contribution in [2.24, 2.45) is 0 Å². The maximum Gasteiger partial charge on any atom is 0.336 e. The molecule has 9 nitrogen and oxygen atoms in total. The molecule has 0 fully saturated rings. The number of ether oxygens (including phenoxy) is 2. The zero-order valence-electron chi connectivity index (χ0n) is 19.7. The van der Waals surface area contributed by atoms with Gasteiger partial charge in [-0.2, -0.15) is 4.31 Å². The number of carbonyl (C=O) groups excluding carboxylic acids is 1. The van der Waals surface area contributed by atoms with Crippen LogP contribution in [-0.4, -0.2) is 44.9 Å². The molecule has 0 saturated carbocycles. The van der Waals surface area contributed by atoms with Crippen molar-refractivity contribution in [3.63, 3.8) is 0 Å². The van der Waals surface area contributed by atoms with Crippen LogP contribution in [0, 0.1) is 6.92 Å². The van der Waals surface area contributed by atoms with E-state index >= 15 is 0 Å². The second-order valence-corrected chi connectivity index (χ2v) is 9.55. The van der Waals surface area contributed by atoms with Crippen molar-refractivity contribution in [1.82, 2.24) is 4.31 Å². The number of methoxy groups -OCH3 is 1. The number of benzene rings is 2. The molecule has 0 unspecified atom stereocenters. The summed E-state index contributed by atoms with van der Waals surface area (Å²) in [6, 6.07) is 10.7. The Kier molecular flexibility index (Phi) is 7.63. The van der Waals surface area contributed by atoms with Crippen LogP contribution in [0.15, 0.2) is 56.6 Å². The molecular weight excluding hydrogens is 460 g/mol. The number of nitrogens with zero attached hydrogens (tertiary/aromatic N) is 1. The Hall–Kier alpha value is -3.37. The molecule has 1 N–H and O–H groups in total. The van der Waals surface area contributed by atoms with Crippen LogP contribution in [0.5, 0.6) is 11.5 Å². The molecule has 1 atom stereocenters. The first-order valence-electron chi connectivity index (χ1n) is 10.8. The van der Waals surface area contributed by atoms with Crippen molar-refractivity contribution in [3.8, 4) is 11.5 Å². The van der Waals surface area contributed by atoms with Gasteiger partial charge in [-0.05, 0) is 49.7 Å².